The quantitative estimate of drug-likeness (QED) is 0.160. The molecule has 0 aliphatic carbocycles. The van der Waals surface area contributed by atoms with Crippen molar-refractivity contribution in [3.63, 3.8) is 0 Å². The van der Waals surface area contributed by atoms with Gasteiger partial charge in [-0.3, -0.25) is 4.79 Å². The summed E-state index contributed by atoms with van der Waals surface area (Å²) in [6, 6.07) is 20.1. The lowest BCUT2D eigenvalue weighted by atomic mass is 10.2. The fraction of sp³-hybridized carbons (Fsp3) is 0.0909. The summed E-state index contributed by atoms with van der Waals surface area (Å²) in [5.74, 6) is -0.124. The van der Waals surface area contributed by atoms with Crippen LogP contribution in [-0.4, -0.2) is 16.7 Å². The predicted molar refractivity (Wildman–Crippen MR) is 137 cm³/mol. The maximum Gasteiger partial charge on any atom is 0.241 e. The van der Waals surface area contributed by atoms with Gasteiger partial charge in [-0.1, -0.05) is 23.7 Å². The summed E-state index contributed by atoms with van der Waals surface area (Å²) in [5.41, 5.74) is 5.76. The van der Waals surface area contributed by atoms with Gasteiger partial charge in [-0.2, -0.15) is 5.10 Å². The average Bonchev–Trinajstić information content (AvgIpc) is 3.00. The number of hydrazone groups is 1. The van der Waals surface area contributed by atoms with Crippen LogP contribution in [0.3, 0.4) is 0 Å². The van der Waals surface area contributed by atoms with E-state index in [1.807, 2.05) is 12.1 Å². The van der Waals surface area contributed by atoms with Crippen LogP contribution in [-0.2, 0) is 11.3 Å². The Balaban J connectivity index is 1.51. The van der Waals surface area contributed by atoms with Crippen LogP contribution >= 0.6 is 56.8 Å². The monoisotopic (exact) mass is 627 g/mol. The molecule has 0 unspecified atom stereocenters. The van der Waals surface area contributed by atoms with E-state index in [9.17, 15) is 4.79 Å². The molecule has 0 saturated carbocycles. The first-order chi connectivity index (χ1) is 14.0. The summed E-state index contributed by atoms with van der Waals surface area (Å²) in [5, 5.41) is 7.14. The number of benzene rings is 3. The van der Waals surface area contributed by atoms with Crippen LogP contribution in [0, 0.1) is 7.14 Å². The fourth-order valence-electron chi connectivity index (χ4n) is 3.29. The number of aromatic nitrogens is 1. The van der Waals surface area contributed by atoms with Gasteiger partial charge in [0.15, 0.2) is 0 Å². The number of aryl methyl sites for hydroxylation is 1. The van der Waals surface area contributed by atoms with Crippen LogP contribution in [0.15, 0.2) is 65.8 Å². The van der Waals surface area contributed by atoms with Crippen LogP contribution in [0.1, 0.15) is 12.0 Å². The van der Waals surface area contributed by atoms with Crippen molar-refractivity contribution in [2.24, 2.45) is 5.10 Å². The Labute approximate surface area is 200 Å². The summed E-state index contributed by atoms with van der Waals surface area (Å²) in [4.78, 5) is 12.3. The molecule has 7 heteroatoms. The number of carbonyl (C=O) groups excluding carboxylic acids is 1. The predicted octanol–water partition coefficient (Wildman–Crippen LogP) is 6.20. The minimum atomic E-state index is -0.124. The van der Waals surface area contributed by atoms with Gasteiger partial charge in [-0.15, -0.1) is 0 Å². The van der Waals surface area contributed by atoms with Crippen molar-refractivity contribution in [1.82, 2.24) is 9.99 Å². The lowest BCUT2D eigenvalue weighted by molar-refractivity contribution is -0.121. The third kappa shape index (κ3) is 4.75. The standard InChI is InChI=1S/C22H16ClI2N3O/c23-15-3-1-14(2-4-15)13-26-27-22(29)9-10-28-20-7-5-16(24)11-18(20)19-12-17(25)6-8-21(19)28/h1-8,11-13H,9-10H2,(H,27,29). The zero-order valence-electron chi connectivity index (χ0n) is 15.2. The molecular weight excluding hydrogens is 612 g/mol. The summed E-state index contributed by atoms with van der Waals surface area (Å²) in [6.07, 6.45) is 1.95. The minimum Gasteiger partial charge on any atom is -0.340 e. The molecule has 4 nitrogen and oxygen atoms in total. The van der Waals surface area contributed by atoms with E-state index in [4.69, 9.17) is 11.6 Å². The molecule has 146 valence electrons. The molecule has 0 radical (unpaired) electrons. The molecule has 0 aliphatic heterocycles. The Morgan fingerprint density at radius 3 is 2.14 bits per heavy atom. The van der Waals surface area contributed by atoms with Gasteiger partial charge in [0.05, 0.1) is 6.21 Å². The number of hydrogen-bond donors (Lipinski definition) is 1. The number of hydrogen-bond acceptors (Lipinski definition) is 2. The number of carbonyl (C=O) groups is 1. The molecule has 29 heavy (non-hydrogen) atoms. The first kappa shape index (κ1) is 20.6. The molecule has 0 saturated heterocycles. The van der Waals surface area contributed by atoms with Gasteiger partial charge in [0.25, 0.3) is 0 Å². The second-order valence-electron chi connectivity index (χ2n) is 6.57. The van der Waals surface area contributed by atoms with Crippen molar-refractivity contribution in [2.75, 3.05) is 0 Å². The molecule has 0 atom stereocenters. The van der Waals surface area contributed by atoms with Gasteiger partial charge < -0.3 is 4.57 Å². The van der Waals surface area contributed by atoms with E-state index in [1.54, 1.807) is 18.3 Å². The lowest BCUT2D eigenvalue weighted by Gasteiger charge is -2.07. The molecule has 4 rings (SSSR count). The highest BCUT2D eigenvalue weighted by atomic mass is 127. The van der Waals surface area contributed by atoms with Crippen LogP contribution in [0.2, 0.25) is 5.02 Å². The Hall–Kier alpha value is -1.65. The van der Waals surface area contributed by atoms with Gasteiger partial charge in [0, 0.05) is 46.9 Å². The largest absolute Gasteiger partial charge is 0.340 e. The lowest BCUT2D eigenvalue weighted by Crippen LogP contribution is -2.19. The summed E-state index contributed by atoms with van der Waals surface area (Å²) in [6.45, 7) is 0.587. The molecule has 0 spiro atoms. The van der Waals surface area contributed by atoms with Crippen LogP contribution < -0.4 is 5.43 Å². The van der Waals surface area contributed by atoms with Crippen LogP contribution in [0.25, 0.3) is 21.8 Å². The normalized spacial score (nSPS) is 11.6. The molecular formula is C22H16ClI2N3O. The number of halogens is 3. The number of nitrogens with one attached hydrogen (secondary N) is 1. The number of rotatable bonds is 5. The van der Waals surface area contributed by atoms with E-state index in [0.29, 0.717) is 18.0 Å². The first-order valence-electron chi connectivity index (χ1n) is 8.96. The maximum atomic E-state index is 12.3. The van der Waals surface area contributed by atoms with E-state index in [2.05, 4.69) is 96.7 Å². The smallest absolute Gasteiger partial charge is 0.241 e. The highest BCUT2D eigenvalue weighted by Crippen LogP contribution is 2.31. The molecule has 3 aromatic carbocycles. The minimum absolute atomic E-state index is 0.124. The Morgan fingerprint density at radius 1 is 0.966 bits per heavy atom. The van der Waals surface area contributed by atoms with Gasteiger partial charge in [0.2, 0.25) is 5.91 Å². The molecule has 4 aromatic rings. The zero-order chi connectivity index (χ0) is 20.4. The second-order valence-corrected chi connectivity index (χ2v) is 9.50. The van der Waals surface area contributed by atoms with Crippen molar-refractivity contribution in [1.29, 1.82) is 0 Å². The Morgan fingerprint density at radius 2 is 1.55 bits per heavy atom. The van der Waals surface area contributed by atoms with Crippen molar-refractivity contribution < 1.29 is 4.79 Å². The van der Waals surface area contributed by atoms with Crippen molar-refractivity contribution in [3.8, 4) is 0 Å². The van der Waals surface area contributed by atoms with Crippen molar-refractivity contribution >= 4 is 90.7 Å². The molecule has 0 fully saturated rings. The SMILES string of the molecule is O=C(CCn1c2ccc(I)cc2c2cc(I)ccc21)NN=Cc1ccc(Cl)cc1. The number of fused-ring (bicyclic) bond motifs is 3. The highest BCUT2D eigenvalue weighted by Gasteiger charge is 2.12. The summed E-state index contributed by atoms with van der Waals surface area (Å²) < 4.78 is 4.60. The van der Waals surface area contributed by atoms with Crippen molar-refractivity contribution in [3.05, 3.63) is 78.4 Å². The van der Waals surface area contributed by atoms with E-state index in [-0.39, 0.29) is 5.91 Å². The molecule has 0 bridgehead atoms. The third-order valence-electron chi connectivity index (χ3n) is 4.62. The van der Waals surface area contributed by atoms with Crippen molar-refractivity contribution in [2.45, 2.75) is 13.0 Å². The Kier molecular flexibility index (Phi) is 6.41. The topological polar surface area (TPSA) is 46.4 Å². The zero-order valence-corrected chi connectivity index (χ0v) is 20.3. The number of amides is 1. The van der Waals surface area contributed by atoms with Gasteiger partial charge >= 0.3 is 0 Å². The average molecular weight is 628 g/mol. The van der Waals surface area contributed by atoms with Gasteiger partial charge in [-0.05, 0) is 99.3 Å². The van der Waals surface area contributed by atoms with Crippen LogP contribution in [0.5, 0.6) is 0 Å². The van der Waals surface area contributed by atoms with E-state index in [0.717, 1.165) is 16.6 Å². The Bertz CT molecular complexity index is 1170. The third-order valence-corrected chi connectivity index (χ3v) is 6.22. The van der Waals surface area contributed by atoms with Gasteiger partial charge in [-0.25, -0.2) is 5.43 Å². The maximum absolute atomic E-state index is 12.3. The number of nitrogens with zero attached hydrogens (tertiary/aromatic N) is 2. The van der Waals surface area contributed by atoms with E-state index in [1.165, 1.54) is 17.9 Å². The van der Waals surface area contributed by atoms with Crippen LogP contribution in [0.4, 0.5) is 0 Å². The van der Waals surface area contributed by atoms with Gasteiger partial charge in [0.1, 0.15) is 0 Å². The molecule has 1 amide bonds. The first-order valence-corrected chi connectivity index (χ1v) is 11.5. The molecule has 0 aliphatic rings. The van der Waals surface area contributed by atoms with E-state index < -0.39 is 0 Å². The summed E-state index contributed by atoms with van der Waals surface area (Å²) in [7, 11) is 0. The highest BCUT2D eigenvalue weighted by molar-refractivity contribution is 14.1. The second kappa shape index (κ2) is 9.01. The van der Waals surface area contributed by atoms with E-state index >= 15 is 0 Å². The molecule has 1 N–H and O–H groups in total. The molecule has 1 aromatic heterocycles. The fourth-order valence-corrected chi connectivity index (χ4v) is 4.39. The summed E-state index contributed by atoms with van der Waals surface area (Å²) >= 11 is 10.5. The molecule has 1 heterocycles.